The number of rotatable bonds is 4. The van der Waals surface area contributed by atoms with E-state index >= 15 is 0 Å². The summed E-state index contributed by atoms with van der Waals surface area (Å²) < 4.78 is 5.23. The summed E-state index contributed by atoms with van der Waals surface area (Å²) in [5, 5.41) is 3.33. The van der Waals surface area contributed by atoms with Crippen LogP contribution in [0, 0.1) is 5.41 Å². The van der Waals surface area contributed by atoms with Gasteiger partial charge in [0.2, 0.25) is 0 Å². The van der Waals surface area contributed by atoms with Gasteiger partial charge in [-0.25, -0.2) is 0 Å². The van der Waals surface area contributed by atoms with Crippen LogP contribution in [0.25, 0.3) is 0 Å². The third kappa shape index (κ3) is 6.38. The van der Waals surface area contributed by atoms with E-state index < -0.39 is 0 Å². The molecule has 0 aromatic carbocycles. The molecular formula is C12H23NO2S. The zero-order valence-corrected chi connectivity index (χ0v) is 11.4. The first-order valence-corrected chi connectivity index (χ1v) is 7.09. The van der Waals surface area contributed by atoms with Gasteiger partial charge in [-0.3, -0.25) is 4.79 Å². The lowest BCUT2D eigenvalue weighted by Crippen LogP contribution is -2.39. The Morgan fingerprint density at radius 3 is 2.81 bits per heavy atom. The first-order chi connectivity index (χ1) is 7.47. The van der Waals surface area contributed by atoms with Crippen molar-refractivity contribution >= 4 is 17.7 Å². The number of nitrogens with one attached hydrogen (secondary N) is 1. The summed E-state index contributed by atoms with van der Waals surface area (Å²) in [7, 11) is 0. The van der Waals surface area contributed by atoms with Gasteiger partial charge in [0.15, 0.2) is 0 Å². The summed E-state index contributed by atoms with van der Waals surface area (Å²) in [4.78, 5) is 11.5. The molecule has 1 atom stereocenters. The summed E-state index contributed by atoms with van der Waals surface area (Å²) in [6.45, 7) is 8.01. The van der Waals surface area contributed by atoms with Crippen LogP contribution in [0.5, 0.6) is 0 Å². The first kappa shape index (κ1) is 13.8. The number of ether oxygens (including phenoxy) is 1. The molecule has 0 bridgehead atoms. The van der Waals surface area contributed by atoms with Gasteiger partial charge in [-0.05, 0) is 11.8 Å². The van der Waals surface area contributed by atoms with E-state index in [0.29, 0.717) is 19.1 Å². The zero-order valence-electron chi connectivity index (χ0n) is 10.5. The number of thioether (sulfide) groups is 1. The lowest BCUT2D eigenvalue weighted by molar-refractivity contribution is -0.144. The quantitative estimate of drug-likeness (QED) is 0.770. The van der Waals surface area contributed by atoms with Crippen LogP contribution in [0.1, 0.15) is 33.6 Å². The Balaban J connectivity index is 2.10. The largest absolute Gasteiger partial charge is 0.466 e. The second kappa shape index (κ2) is 6.50. The normalized spacial score (nSPS) is 21.8. The number of hydrogen-bond acceptors (Lipinski definition) is 4. The molecule has 1 fully saturated rings. The van der Waals surface area contributed by atoms with Crippen molar-refractivity contribution in [3.05, 3.63) is 0 Å². The van der Waals surface area contributed by atoms with Gasteiger partial charge in [0, 0.05) is 24.1 Å². The maximum absolute atomic E-state index is 11.5. The van der Waals surface area contributed by atoms with Crippen LogP contribution in [0.2, 0.25) is 0 Å². The van der Waals surface area contributed by atoms with Crippen LogP contribution in [0.15, 0.2) is 0 Å². The Morgan fingerprint density at radius 2 is 2.25 bits per heavy atom. The highest BCUT2D eigenvalue weighted by Crippen LogP contribution is 2.18. The highest BCUT2D eigenvalue weighted by Gasteiger charge is 2.18. The van der Waals surface area contributed by atoms with Gasteiger partial charge in [0.25, 0.3) is 0 Å². The third-order valence-electron chi connectivity index (χ3n) is 2.53. The van der Waals surface area contributed by atoms with Crippen LogP contribution in [0.3, 0.4) is 0 Å². The van der Waals surface area contributed by atoms with Crippen LogP contribution < -0.4 is 5.32 Å². The second-order valence-electron chi connectivity index (χ2n) is 5.46. The van der Waals surface area contributed by atoms with Gasteiger partial charge in [-0.1, -0.05) is 20.8 Å². The van der Waals surface area contributed by atoms with Gasteiger partial charge in [-0.15, -0.1) is 0 Å². The van der Waals surface area contributed by atoms with Crippen molar-refractivity contribution in [1.29, 1.82) is 0 Å². The molecule has 16 heavy (non-hydrogen) atoms. The van der Waals surface area contributed by atoms with E-state index in [1.54, 1.807) is 0 Å². The number of carbonyl (C=O) groups excluding carboxylic acids is 1. The second-order valence-corrected chi connectivity index (χ2v) is 6.61. The van der Waals surface area contributed by atoms with E-state index in [4.69, 9.17) is 4.74 Å². The predicted molar refractivity (Wildman–Crippen MR) is 68.8 cm³/mol. The van der Waals surface area contributed by atoms with E-state index in [9.17, 15) is 4.79 Å². The number of hydrogen-bond donors (Lipinski definition) is 1. The molecule has 0 aromatic heterocycles. The van der Waals surface area contributed by atoms with E-state index in [0.717, 1.165) is 24.5 Å². The molecule has 0 spiro atoms. The fourth-order valence-corrected chi connectivity index (χ4v) is 2.43. The van der Waals surface area contributed by atoms with Crippen molar-refractivity contribution in [3.8, 4) is 0 Å². The Labute approximate surface area is 103 Å². The highest BCUT2D eigenvalue weighted by molar-refractivity contribution is 7.99. The van der Waals surface area contributed by atoms with Crippen molar-refractivity contribution in [3.63, 3.8) is 0 Å². The fourth-order valence-electron chi connectivity index (χ4n) is 1.48. The smallest absolute Gasteiger partial charge is 0.307 e. The van der Waals surface area contributed by atoms with Crippen molar-refractivity contribution in [2.45, 2.75) is 39.7 Å². The molecule has 1 N–H and O–H groups in total. The average molecular weight is 245 g/mol. The van der Waals surface area contributed by atoms with Crippen LogP contribution >= 0.6 is 11.8 Å². The summed E-state index contributed by atoms with van der Waals surface area (Å²) >= 11 is 1.90. The van der Waals surface area contributed by atoms with Gasteiger partial charge in [0.05, 0.1) is 13.0 Å². The molecule has 0 aliphatic carbocycles. The molecule has 0 amide bonds. The summed E-state index contributed by atoms with van der Waals surface area (Å²) in [6.07, 6.45) is 1.43. The maximum atomic E-state index is 11.5. The standard InChI is InChI=1S/C12H23NO2S/c1-12(2,3)4-6-15-11(14)8-10-9-16-7-5-13-10/h10,13H,4-9H2,1-3H3. The van der Waals surface area contributed by atoms with E-state index in [2.05, 4.69) is 26.1 Å². The topological polar surface area (TPSA) is 38.3 Å². The van der Waals surface area contributed by atoms with Crippen LogP contribution in [-0.4, -0.2) is 36.7 Å². The minimum Gasteiger partial charge on any atom is -0.466 e. The SMILES string of the molecule is CC(C)(C)CCOC(=O)CC1CSCCN1. The van der Waals surface area contributed by atoms with Gasteiger partial charge in [-0.2, -0.15) is 11.8 Å². The Kier molecular flexibility index (Phi) is 5.62. The highest BCUT2D eigenvalue weighted by atomic mass is 32.2. The molecule has 4 heteroatoms. The molecule has 0 radical (unpaired) electrons. The Bertz CT molecular complexity index is 220. The molecule has 1 rings (SSSR count). The van der Waals surface area contributed by atoms with Crippen molar-refractivity contribution < 1.29 is 9.53 Å². The molecule has 94 valence electrons. The summed E-state index contributed by atoms with van der Waals surface area (Å²) in [5.41, 5.74) is 0.235. The van der Waals surface area contributed by atoms with Gasteiger partial charge in [0.1, 0.15) is 0 Å². The molecule has 1 saturated heterocycles. The fraction of sp³-hybridized carbons (Fsp3) is 0.917. The summed E-state index contributed by atoms with van der Waals surface area (Å²) in [5.74, 6) is 2.11. The maximum Gasteiger partial charge on any atom is 0.307 e. The molecule has 0 saturated carbocycles. The van der Waals surface area contributed by atoms with Crippen LogP contribution in [-0.2, 0) is 9.53 Å². The van der Waals surface area contributed by atoms with Gasteiger partial charge < -0.3 is 10.1 Å². The van der Waals surface area contributed by atoms with Gasteiger partial charge >= 0.3 is 5.97 Å². The van der Waals surface area contributed by atoms with Crippen molar-refractivity contribution in [2.24, 2.45) is 5.41 Å². The monoisotopic (exact) mass is 245 g/mol. The number of esters is 1. The predicted octanol–water partition coefficient (Wildman–Crippen LogP) is 2.06. The molecule has 3 nitrogen and oxygen atoms in total. The molecule has 1 unspecified atom stereocenters. The van der Waals surface area contributed by atoms with E-state index in [1.807, 2.05) is 11.8 Å². The lowest BCUT2D eigenvalue weighted by atomic mass is 9.93. The average Bonchev–Trinajstić information content (AvgIpc) is 2.17. The lowest BCUT2D eigenvalue weighted by Gasteiger charge is -2.22. The Hall–Kier alpha value is -0.220. The van der Waals surface area contributed by atoms with Crippen molar-refractivity contribution in [1.82, 2.24) is 5.32 Å². The van der Waals surface area contributed by atoms with E-state index in [1.165, 1.54) is 0 Å². The molecule has 1 aliphatic heterocycles. The number of carbonyl (C=O) groups is 1. The molecule has 1 aliphatic rings. The Morgan fingerprint density at radius 1 is 1.50 bits per heavy atom. The minimum atomic E-state index is -0.0655. The third-order valence-corrected chi connectivity index (χ3v) is 3.66. The zero-order chi connectivity index (χ0) is 12.0. The minimum absolute atomic E-state index is 0.0655. The van der Waals surface area contributed by atoms with Crippen molar-refractivity contribution in [2.75, 3.05) is 24.7 Å². The van der Waals surface area contributed by atoms with Crippen LogP contribution in [0.4, 0.5) is 0 Å². The summed E-state index contributed by atoms with van der Waals surface area (Å²) in [6, 6.07) is 0.306. The molecule has 0 aromatic rings. The first-order valence-electron chi connectivity index (χ1n) is 5.94. The van der Waals surface area contributed by atoms with E-state index in [-0.39, 0.29) is 11.4 Å². The molecule has 1 heterocycles. The molecular weight excluding hydrogens is 222 g/mol.